The molecule has 0 spiro atoms. The Hall–Kier alpha value is -1.28. The number of imidazole rings is 1. The smallest absolute Gasteiger partial charge is 0.0951 e. The summed E-state index contributed by atoms with van der Waals surface area (Å²) in [5.41, 5.74) is 3.79. The largest absolute Gasteiger partial charge is 0.330 e. The van der Waals surface area contributed by atoms with E-state index >= 15 is 0 Å². The lowest BCUT2D eigenvalue weighted by atomic mass is 10.1. The van der Waals surface area contributed by atoms with Gasteiger partial charge in [0.05, 0.1) is 6.33 Å². The van der Waals surface area contributed by atoms with Crippen LogP contribution in [-0.2, 0) is 6.54 Å². The third-order valence-electron chi connectivity index (χ3n) is 3.32. The first-order valence-corrected chi connectivity index (χ1v) is 6.37. The first kappa shape index (κ1) is 10.8. The molecule has 1 fully saturated rings. The van der Waals surface area contributed by atoms with Crippen LogP contribution in [0.3, 0.4) is 0 Å². The van der Waals surface area contributed by atoms with E-state index in [1.807, 2.05) is 25.5 Å². The third kappa shape index (κ3) is 2.22. The van der Waals surface area contributed by atoms with E-state index in [0.29, 0.717) is 0 Å². The molecule has 0 atom stereocenters. The highest BCUT2D eigenvalue weighted by molar-refractivity contribution is 6.31. The Balaban J connectivity index is 1.85. The molecule has 3 rings (SSSR count). The van der Waals surface area contributed by atoms with Crippen LogP contribution in [0.2, 0.25) is 5.02 Å². The van der Waals surface area contributed by atoms with Crippen molar-refractivity contribution in [3.63, 3.8) is 0 Å². The number of aryl methyl sites for hydroxylation is 1. The highest BCUT2D eigenvalue weighted by Crippen LogP contribution is 2.39. The zero-order valence-corrected chi connectivity index (χ0v) is 10.6. The van der Waals surface area contributed by atoms with Gasteiger partial charge in [0.25, 0.3) is 0 Å². The molecule has 0 unspecified atom stereocenters. The summed E-state index contributed by atoms with van der Waals surface area (Å²) in [6.07, 6.45) is 6.55. The van der Waals surface area contributed by atoms with Gasteiger partial charge in [-0.1, -0.05) is 23.7 Å². The summed E-state index contributed by atoms with van der Waals surface area (Å²) in [7, 11) is 0. The average Bonchev–Trinajstić information content (AvgIpc) is 3.05. The summed E-state index contributed by atoms with van der Waals surface area (Å²) in [5.74, 6) is 0.742. The molecular formula is C14H15ClN2. The van der Waals surface area contributed by atoms with Gasteiger partial charge in [-0.2, -0.15) is 0 Å². The fourth-order valence-electron chi connectivity index (χ4n) is 2.18. The van der Waals surface area contributed by atoms with Crippen molar-refractivity contribution in [2.75, 3.05) is 0 Å². The van der Waals surface area contributed by atoms with Crippen molar-refractivity contribution in [3.8, 4) is 0 Å². The van der Waals surface area contributed by atoms with Crippen LogP contribution in [0.15, 0.2) is 30.7 Å². The van der Waals surface area contributed by atoms with Crippen LogP contribution in [0.5, 0.6) is 0 Å². The van der Waals surface area contributed by atoms with Crippen molar-refractivity contribution in [1.29, 1.82) is 0 Å². The van der Waals surface area contributed by atoms with Crippen LogP contribution >= 0.6 is 11.6 Å². The second-order valence-electron chi connectivity index (χ2n) is 4.80. The second-order valence-corrected chi connectivity index (χ2v) is 5.21. The minimum atomic E-state index is 0.742. The summed E-state index contributed by atoms with van der Waals surface area (Å²) >= 11 is 6.04. The van der Waals surface area contributed by atoms with Crippen LogP contribution in [0.4, 0.5) is 0 Å². The van der Waals surface area contributed by atoms with Crippen molar-refractivity contribution in [1.82, 2.24) is 9.55 Å². The maximum atomic E-state index is 6.04. The summed E-state index contributed by atoms with van der Waals surface area (Å²) < 4.78 is 2.25. The van der Waals surface area contributed by atoms with Gasteiger partial charge >= 0.3 is 0 Å². The molecule has 1 aromatic heterocycles. The lowest BCUT2D eigenvalue weighted by molar-refractivity contribution is 0.742. The summed E-state index contributed by atoms with van der Waals surface area (Å²) in [5, 5.41) is 0.835. The van der Waals surface area contributed by atoms with Gasteiger partial charge in [0.1, 0.15) is 0 Å². The zero-order valence-electron chi connectivity index (χ0n) is 9.86. The molecule has 17 heavy (non-hydrogen) atoms. The van der Waals surface area contributed by atoms with Crippen molar-refractivity contribution in [2.45, 2.75) is 32.2 Å². The van der Waals surface area contributed by atoms with E-state index < -0.39 is 0 Å². The summed E-state index contributed by atoms with van der Waals surface area (Å²) in [4.78, 5) is 4.26. The highest BCUT2D eigenvalue weighted by atomic mass is 35.5. The Kier molecular flexibility index (Phi) is 2.67. The van der Waals surface area contributed by atoms with Crippen molar-refractivity contribution >= 4 is 11.6 Å². The standard InChI is InChI=1S/C14H15ClN2/c1-10-6-11(2-5-13(10)15)8-17-9-16-7-14(17)12-3-4-12/h2,5-7,9,12H,3-4,8H2,1H3. The Morgan fingerprint density at radius 2 is 2.24 bits per heavy atom. The number of nitrogens with zero attached hydrogens (tertiary/aromatic N) is 2. The maximum Gasteiger partial charge on any atom is 0.0951 e. The van der Waals surface area contributed by atoms with Crippen LogP contribution < -0.4 is 0 Å². The molecule has 1 aliphatic rings. The van der Waals surface area contributed by atoms with E-state index in [1.54, 1.807) is 0 Å². The lowest BCUT2D eigenvalue weighted by Crippen LogP contribution is -2.02. The number of hydrogen-bond acceptors (Lipinski definition) is 1. The number of rotatable bonds is 3. The monoisotopic (exact) mass is 246 g/mol. The molecule has 0 bridgehead atoms. The molecule has 0 radical (unpaired) electrons. The van der Waals surface area contributed by atoms with Gasteiger partial charge in [-0.15, -0.1) is 0 Å². The van der Waals surface area contributed by atoms with Crippen LogP contribution in [0.25, 0.3) is 0 Å². The molecule has 2 aromatic rings. The SMILES string of the molecule is Cc1cc(Cn2cncc2C2CC2)ccc1Cl. The number of halogens is 1. The molecule has 1 aromatic carbocycles. The molecule has 0 saturated heterocycles. The summed E-state index contributed by atoms with van der Waals surface area (Å²) in [6.45, 7) is 2.94. The van der Waals surface area contributed by atoms with Crippen molar-refractivity contribution in [3.05, 3.63) is 52.6 Å². The van der Waals surface area contributed by atoms with Crippen LogP contribution in [0.1, 0.15) is 35.6 Å². The highest BCUT2D eigenvalue weighted by Gasteiger charge is 2.26. The lowest BCUT2D eigenvalue weighted by Gasteiger charge is -2.08. The first-order chi connectivity index (χ1) is 8.24. The quantitative estimate of drug-likeness (QED) is 0.806. The van der Waals surface area contributed by atoms with E-state index in [0.717, 1.165) is 23.0 Å². The molecule has 1 aliphatic carbocycles. The normalized spacial score (nSPS) is 15.2. The van der Waals surface area contributed by atoms with Crippen molar-refractivity contribution in [2.24, 2.45) is 0 Å². The van der Waals surface area contributed by atoms with E-state index in [2.05, 4.69) is 21.7 Å². The third-order valence-corrected chi connectivity index (χ3v) is 3.74. The van der Waals surface area contributed by atoms with Crippen LogP contribution in [0, 0.1) is 6.92 Å². The van der Waals surface area contributed by atoms with E-state index in [1.165, 1.54) is 24.1 Å². The van der Waals surface area contributed by atoms with Gasteiger partial charge in [0.2, 0.25) is 0 Å². The number of aromatic nitrogens is 2. The Bertz CT molecular complexity index is 541. The molecule has 3 heteroatoms. The summed E-state index contributed by atoms with van der Waals surface area (Å²) in [6, 6.07) is 6.21. The van der Waals surface area contributed by atoms with Gasteiger partial charge < -0.3 is 4.57 Å². The molecular weight excluding hydrogens is 232 g/mol. The minimum Gasteiger partial charge on any atom is -0.330 e. The second kappa shape index (κ2) is 4.19. The van der Waals surface area contributed by atoms with Gasteiger partial charge in [0.15, 0.2) is 0 Å². The molecule has 0 amide bonds. The first-order valence-electron chi connectivity index (χ1n) is 5.99. The Labute approximate surface area is 106 Å². The van der Waals surface area contributed by atoms with Crippen molar-refractivity contribution < 1.29 is 0 Å². The molecule has 2 nitrogen and oxygen atoms in total. The van der Waals surface area contributed by atoms with Gasteiger partial charge in [0, 0.05) is 29.4 Å². The molecule has 1 saturated carbocycles. The van der Waals surface area contributed by atoms with Gasteiger partial charge in [-0.3, -0.25) is 0 Å². The number of hydrogen-bond donors (Lipinski definition) is 0. The molecule has 0 N–H and O–H groups in total. The van der Waals surface area contributed by atoms with Crippen LogP contribution in [-0.4, -0.2) is 9.55 Å². The number of benzene rings is 1. The minimum absolute atomic E-state index is 0.742. The fourth-order valence-corrected chi connectivity index (χ4v) is 2.30. The van der Waals surface area contributed by atoms with E-state index in [-0.39, 0.29) is 0 Å². The molecule has 88 valence electrons. The Morgan fingerprint density at radius 1 is 1.41 bits per heavy atom. The fraction of sp³-hybridized carbons (Fsp3) is 0.357. The van der Waals surface area contributed by atoms with Gasteiger partial charge in [-0.05, 0) is 37.0 Å². The zero-order chi connectivity index (χ0) is 11.8. The molecule has 0 aliphatic heterocycles. The predicted octanol–water partition coefficient (Wildman–Crippen LogP) is 3.77. The average molecular weight is 247 g/mol. The topological polar surface area (TPSA) is 17.8 Å². The Morgan fingerprint density at radius 3 is 2.94 bits per heavy atom. The maximum absolute atomic E-state index is 6.04. The molecule has 1 heterocycles. The van der Waals surface area contributed by atoms with Gasteiger partial charge in [-0.25, -0.2) is 4.98 Å². The van der Waals surface area contributed by atoms with E-state index in [9.17, 15) is 0 Å². The predicted molar refractivity (Wildman–Crippen MR) is 69.5 cm³/mol. The van der Waals surface area contributed by atoms with E-state index in [4.69, 9.17) is 11.6 Å².